The van der Waals surface area contributed by atoms with Crippen molar-refractivity contribution in [3.63, 3.8) is 0 Å². The van der Waals surface area contributed by atoms with Gasteiger partial charge < -0.3 is 9.47 Å². The SMILES string of the molecule is CCCCCCCc1ccc2c(c1)OCO2. The highest BCUT2D eigenvalue weighted by Gasteiger charge is 2.12. The fourth-order valence-electron chi connectivity index (χ4n) is 2.03. The lowest BCUT2D eigenvalue weighted by molar-refractivity contribution is 0.174. The maximum atomic E-state index is 5.36. The Labute approximate surface area is 97.6 Å². The van der Waals surface area contributed by atoms with E-state index < -0.39 is 0 Å². The summed E-state index contributed by atoms with van der Waals surface area (Å²) in [6.07, 6.45) is 7.80. The Morgan fingerprint density at radius 3 is 2.69 bits per heavy atom. The largest absolute Gasteiger partial charge is 0.454 e. The molecule has 0 bridgehead atoms. The Morgan fingerprint density at radius 2 is 1.81 bits per heavy atom. The summed E-state index contributed by atoms with van der Waals surface area (Å²) in [6.45, 7) is 2.62. The molecule has 16 heavy (non-hydrogen) atoms. The number of aryl methyl sites for hydroxylation is 1. The zero-order chi connectivity index (χ0) is 11.2. The van der Waals surface area contributed by atoms with Gasteiger partial charge in [0, 0.05) is 0 Å². The molecule has 0 aliphatic carbocycles. The number of fused-ring (bicyclic) bond motifs is 1. The third-order valence-electron chi connectivity index (χ3n) is 3.01. The van der Waals surface area contributed by atoms with E-state index in [1.807, 2.05) is 6.07 Å². The fraction of sp³-hybridized carbons (Fsp3) is 0.571. The van der Waals surface area contributed by atoms with E-state index in [9.17, 15) is 0 Å². The molecule has 0 fully saturated rings. The molecule has 1 aromatic rings. The van der Waals surface area contributed by atoms with E-state index in [0.29, 0.717) is 6.79 Å². The van der Waals surface area contributed by atoms with Crippen LogP contribution in [0.3, 0.4) is 0 Å². The summed E-state index contributed by atoms with van der Waals surface area (Å²) >= 11 is 0. The van der Waals surface area contributed by atoms with Crippen molar-refractivity contribution in [3.8, 4) is 11.5 Å². The number of rotatable bonds is 6. The lowest BCUT2D eigenvalue weighted by Crippen LogP contribution is -1.93. The third kappa shape index (κ3) is 2.91. The van der Waals surface area contributed by atoms with Crippen LogP contribution in [0.1, 0.15) is 44.6 Å². The maximum Gasteiger partial charge on any atom is 0.231 e. The van der Waals surface area contributed by atoms with Crippen LogP contribution in [0.25, 0.3) is 0 Å². The molecule has 2 nitrogen and oxygen atoms in total. The quantitative estimate of drug-likeness (QED) is 0.676. The topological polar surface area (TPSA) is 18.5 Å². The molecule has 0 N–H and O–H groups in total. The fourth-order valence-corrected chi connectivity index (χ4v) is 2.03. The average molecular weight is 220 g/mol. The molecule has 2 heteroatoms. The first kappa shape index (κ1) is 11.3. The first-order chi connectivity index (χ1) is 7.90. The van der Waals surface area contributed by atoms with Crippen molar-refractivity contribution in [2.45, 2.75) is 45.4 Å². The maximum absolute atomic E-state index is 5.36. The predicted octanol–water partition coefficient (Wildman–Crippen LogP) is 3.93. The van der Waals surface area contributed by atoms with Crippen LogP contribution < -0.4 is 9.47 Å². The van der Waals surface area contributed by atoms with E-state index >= 15 is 0 Å². The summed E-state index contributed by atoms with van der Waals surface area (Å²) < 4.78 is 10.7. The van der Waals surface area contributed by atoms with Gasteiger partial charge in [0.1, 0.15) is 0 Å². The van der Waals surface area contributed by atoms with Gasteiger partial charge in [0.05, 0.1) is 0 Å². The minimum absolute atomic E-state index is 0.370. The Balaban J connectivity index is 1.77. The first-order valence-corrected chi connectivity index (χ1v) is 6.28. The van der Waals surface area contributed by atoms with Gasteiger partial charge in [0.25, 0.3) is 0 Å². The number of hydrogen-bond acceptors (Lipinski definition) is 2. The average Bonchev–Trinajstić information content (AvgIpc) is 2.76. The van der Waals surface area contributed by atoms with Gasteiger partial charge in [-0.15, -0.1) is 0 Å². The van der Waals surface area contributed by atoms with Gasteiger partial charge in [-0.1, -0.05) is 38.7 Å². The monoisotopic (exact) mass is 220 g/mol. The van der Waals surface area contributed by atoms with Gasteiger partial charge in [-0.2, -0.15) is 0 Å². The first-order valence-electron chi connectivity index (χ1n) is 6.28. The van der Waals surface area contributed by atoms with Gasteiger partial charge in [-0.05, 0) is 30.5 Å². The molecule has 0 aromatic heterocycles. The molecule has 0 saturated carbocycles. The molecule has 1 aliphatic heterocycles. The van der Waals surface area contributed by atoms with Crippen LogP contribution >= 0.6 is 0 Å². The van der Waals surface area contributed by atoms with Gasteiger partial charge in [0.2, 0.25) is 6.79 Å². The van der Waals surface area contributed by atoms with E-state index in [1.165, 1.54) is 37.7 Å². The Morgan fingerprint density at radius 1 is 1.00 bits per heavy atom. The van der Waals surface area contributed by atoms with Crippen molar-refractivity contribution in [1.82, 2.24) is 0 Å². The standard InChI is InChI=1S/C14H20O2/c1-2-3-4-5-6-7-12-8-9-13-14(10-12)16-11-15-13/h8-10H,2-7,11H2,1H3. The molecule has 2 rings (SSSR count). The Hall–Kier alpha value is -1.18. The summed E-state index contributed by atoms with van der Waals surface area (Å²) in [7, 11) is 0. The zero-order valence-corrected chi connectivity index (χ0v) is 10.00. The predicted molar refractivity (Wildman–Crippen MR) is 65.0 cm³/mol. The van der Waals surface area contributed by atoms with E-state index in [1.54, 1.807) is 0 Å². The molecule has 0 radical (unpaired) electrons. The van der Waals surface area contributed by atoms with E-state index in [0.717, 1.165) is 17.9 Å². The smallest absolute Gasteiger partial charge is 0.231 e. The van der Waals surface area contributed by atoms with Crippen LogP contribution in [0.5, 0.6) is 11.5 Å². The highest BCUT2D eigenvalue weighted by molar-refractivity contribution is 5.44. The molecule has 1 heterocycles. The normalized spacial score (nSPS) is 13.1. The molecule has 1 aliphatic rings. The number of benzene rings is 1. The molecule has 1 aromatic carbocycles. The number of hydrogen-bond donors (Lipinski definition) is 0. The van der Waals surface area contributed by atoms with Crippen molar-refractivity contribution >= 4 is 0 Å². The molecule has 0 unspecified atom stereocenters. The summed E-state index contributed by atoms with van der Waals surface area (Å²) in [5.74, 6) is 1.79. The van der Waals surface area contributed by atoms with Crippen LogP contribution in [0.4, 0.5) is 0 Å². The summed E-state index contributed by atoms with van der Waals surface area (Å²) in [5.41, 5.74) is 1.36. The zero-order valence-electron chi connectivity index (χ0n) is 10.00. The van der Waals surface area contributed by atoms with Crippen LogP contribution in [0, 0.1) is 0 Å². The van der Waals surface area contributed by atoms with Crippen LogP contribution in [0.2, 0.25) is 0 Å². The van der Waals surface area contributed by atoms with Gasteiger partial charge in [0.15, 0.2) is 11.5 Å². The molecule has 0 saturated heterocycles. The second-order valence-corrected chi connectivity index (χ2v) is 4.35. The molecule has 0 atom stereocenters. The third-order valence-corrected chi connectivity index (χ3v) is 3.01. The summed E-state index contributed by atoms with van der Waals surface area (Å²) in [6, 6.07) is 6.28. The molecule has 88 valence electrons. The second kappa shape index (κ2) is 5.78. The number of unbranched alkanes of at least 4 members (excludes halogenated alkanes) is 4. The van der Waals surface area contributed by atoms with E-state index in [-0.39, 0.29) is 0 Å². The number of ether oxygens (including phenoxy) is 2. The van der Waals surface area contributed by atoms with Crippen molar-refractivity contribution < 1.29 is 9.47 Å². The highest BCUT2D eigenvalue weighted by atomic mass is 16.7. The van der Waals surface area contributed by atoms with Gasteiger partial charge in [-0.3, -0.25) is 0 Å². The van der Waals surface area contributed by atoms with Gasteiger partial charge >= 0.3 is 0 Å². The van der Waals surface area contributed by atoms with Crippen molar-refractivity contribution in [2.75, 3.05) is 6.79 Å². The van der Waals surface area contributed by atoms with Crippen molar-refractivity contribution in [1.29, 1.82) is 0 Å². The lowest BCUT2D eigenvalue weighted by Gasteiger charge is -2.03. The minimum atomic E-state index is 0.370. The highest BCUT2D eigenvalue weighted by Crippen LogP contribution is 2.32. The Bertz CT molecular complexity index is 334. The summed E-state index contributed by atoms with van der Waals surface area (Å²) in [5, 5.41) is 0. The second-order valence-electron chi connectivity index (χ2n) is 4.35. The van der Waals surface area contributed by atoms with Crippen LogP contribution in [0.15, 0.2) is 18.2 Å². The van der Waals surface area contributed by atoms with Crippen molar-refractivity contribution in [3.05, 3.63) is 23.8 Å². The van der Waals surface area contributed by atoms with Crippen LogP contribution in [-0.4, -0.2) is 6.79 Å². The molecule has 0 spiro atoms. The lowest BCUT2D eigenvalue weighted by atomic mass is 10.1. The van der Waals surface area contributed by atoms with E-state index in [4.69, 9.17) is 9.47 Å². The molecular formula is C14H20O2. The van der Waals surface area contributed by atoms with Gasteiger partial charge in [-0.25, -0.2) is 0 Å². The van der Waals surface area contributed by atoms with Crippen LogP contribution in [-0.2, 0) is 6.42 Å². The van der Waals surface area contributed by atoms with Crippen molar-refractivity contribution in [2.24, 2.45) is 0 Å². The molecule has 0 amide bonds. The summed E-state index contributed by atoms with van der Waals surface area (Å²) in [4.78, 5) is 0. The van der Waals surface area contributed by atoms with E-state index in [2.05, 4.69) is 19.1 Å². The Kier molecular flexibility index (Phi) is 4.09. The minimum Gasteiger partial charge on any atom is -0.454 e. The molecular weight excluding hydrogens is 200 g/mol.